The number of aromatic nitrogens is 1. The summed E-state index contributed by atoms with van der Waals surface area (Å²) in [5, 5.41) is 9.03. The van der Waals surface area contributed by atoms with Crippen LogP contribution in [0.2, 0.25) is 0 Å². The maximum Gasteiger partial charge on any atom is 0.339 e. The second-order valence-electron chi connectivity index (χ2n) is 4.08. The number of carbonyl (C=O) groups is 2. The van der Waals surface area contributed by atoms with Gasteiger partial charge in [0.1, 0.15) is 23.2 Å². The number of hydrogen-bond donors (Lipinski definition) is 2. The van der Waals surface area contributed by atoms with E-state index in [1.807, 2.05) is 0 Å². The van der Waals surface area contributed by atoms with Crippen LogP contribution in [0.3, 0.4) is 0 Å². The Balaban J connectivity index is 2.44. The summed E-state index contributed by atoms with van der Waals surface area (Å²) in [4.78, 5) is 27.6. The van der Waals surface area contributed by atoms with Gasteiger partial charge in [-0.25, -0.2) is 14.2 Å². The van der Waals surface area contributed by atoms with Crippen molar-refractivity contribution >= 4 is 17.7 Å². The summed E-state index contributed by atoms with van der Waals surface area (Å²) in [5.41, 5.74) is 4.99. The van der Waals surface area contributed by atoms with Crippen LogP contribution in [0.25, 0.3) is 0 Å². The second-order valence-corrected chi connectivity index (χ2v) is 4.08. The number of halogens is 1. The number of nitrogens with zero attached hydrogens (tertiary/aromatic N) is 2. The molecule has 0 radical (unpaired) electrons. The van der Waals surface area contributed by atoms with E-state index in [4.69, 9.17) is 10.8 Å². The van der Waals surface area contributed by atoms with Crippen molar-refractivity contribution in [2.45, 2.75) is 18.9 Å². The summed E-state index contributed by atoms with van der Waals surface area (Å²) in [6, 6.07) is 0.308. The maximum atomic E-state index is 13.0. The Hall–Kier alpha value is -2.18. The van der Waals surface area contributed by atoms with Crippen LogP contribution in [0.5, 0.6) is 0 Å². The number of rotatable bonds is 3. The Morgan fingerprint density at radius 3 is 2.89 bits per heavy atom. The molecule has 1 saturated heterocycles. The number of primary amides is 1. The largest absolute Gasteiger partial charge is 0.478 e. The number of aromatic carboxylic acids is 1. The van der Waals surface area contributed by atoms with Gasteiger partial charge in [-0.2, -0.15) is 0 Å². The molecule has 6 nitrogen and oxygen atoms in total. The molecule has 0 aromatic carbocycles. The first-order valence-corrected chi connectivity index (χ1v) is 5.45. The van der Waals surface area contributed by atoms with Gasteiger partial charge in [0, 0.05) is 6.54 Å². The SMILES string of the molecule is NC(=O)C1CCCN1c1ncc(F)cc1C(=O)O. The van der Waals surface area contributed by atoms with E-state index < -0.39 is 23.7 Å². The summed E-state index contributed by atoms with van der Waals surface area (Å²) < 4.78 is 13.0. The molecule has 2 rings (SSSR count). The molecule has 0 bridgehead atoms. The van der Waals surface area contributed by atoms with Crippen LogP contribution in [0.4, 0.5) is 10.2 Å². The standard InChI is InChI=1S/C11H12FN3O3/c12-6-4-7(11(17)18)10(14-5-6)15-3-1-2-8(15)9(13)16/h4-5,8H,1-3H2,(H2,13,16)(H,17,18). The van der Waals surface area contributed by atoms with E-state index in [2.05, 4.69) is 4.98 Å². The molecule has 1 aliphatic rings. The third kappa shape index (κ3) is 2.11. The van der Waals surface area contributed by atoms with Crippen molar-refractivity contribution in [2.24, 2.45) is 5.73 Å². The molecule has 0 aliphatic carbocycles. The Bertz CT molecular complexity index is 506. The number of amides is 1. The first kappa shape index (κ1) is 12.3. The second kappa shape index (κ2) is 4.59. The third-order valence-corrected chi connectivity index (χ3v) is 2.92. The van der Waals surface area contributed by atoms with Crippen LogP contribution < -0.4 is 10.6 Å². The summed E-state index contributed by atoms with van der Waals surface area (Å²) in [6.07, 6.45) is 2.19. The lowest BCUT2D eigenvalue weighted by atomic mass is 10.2. The van der Waals surface area contributed by atoms with Gasteiger partial charge in [0.25, 0.3) is 0 Å². The molecule has 1 aliphatic heterocycles. The van der Waals surface area contributed by atoms with Gasteiger partial charge < -0.3 is 15.7 Å². The minimum Gasteiger partial charge on any atom is -0.478 e. The van der Waals surface area contributed by atoms with Crippen molar-refractivity contribution in [1.29, 1.82) is 0 Å². The van der Waals surface area contributed by atoms with Gasteiger partial charge in [-0.15, -0.1) is 0 Å². The Morgan fingerprint density at radius 2 is 2.28 bits per heavy atom. The molecule has 1 unspecified atom stereocenters. The summed E-state index contributed by atoms with van der Waals surface area (Å²) in [5.74, 6) is -2.46. The number of carboxylic acids is 1. The Labute approximate surface area is 102 Å². The molecule has 0 spiro atoms. The van der Waals surface area contributed by atoms with Crippen LogP contribution >= 0.6 is 0 Å². The van der Waals surface area contributed by atoms with Crippen molar-refractivity contribution in [3.05, 3.63) is 23.6 Å². The quantitative estimate of drug-likeness (QED) is 0.811. The zero-order chi connectivity index (χ0) is 13.3. The fourth-order valence-electron chi connectivity index (χ4n) is 2.13. The van der Waals surface area contributed by atoms with Crippen LogP contribution in [-0.2, 0) is 4.79 Å². The smallest absolute Gasteiger partial charge is 0.339 e. The van der Waals surface area contributed by atoms with E-state index >= 15 is 0 Å². The predicted octanol–water partition coefficient (Wildman–Crippen LogP) is 0.373. The van der Waals surface area contributed by atoms with Crippen LogP contribution in [0.15, 0.2) is 12.3 Å². The number of anilines is 1. The van der Waals surface area contributed by atoms with E-state index in [-0.39, 0.29) is 11.4 Å². The highest BCUT2D eigenvalue weighted by molar-refractivity contribution is 5.95. The van der Waals surface area contributed by atoms with Crippen molar-refractivity contribution in [2.75, 3.05) is 11.4 Å². The highest BCUT2D eigenvalue weighted by Crippen LogP contribution is 2.27. The summed E-state index contributed by atoms with van der Waals surface area (Å²) in [7, 11) is 0. The molecule has 3 N–H and O–H groups in total. The molecule has 0 saturated carbocycles. The fourth-order valence-corrected chi connectivity index (χ4v) is 2.13. The number of carboxylic acid groups (broad SMARTS) is 1. The van der Waals surface area contributed by atoms with E-state index in [0.717, 1.165) is 12.3 Å². The van der Waals surface area contributed by atoms with Crippen molar-refractivity contribution in [3.63, 3.8) is 0 Å². The minimum atomic E-state index is -1.29. The third-order valence-electron chi connectivity index (χ3n) is 2.92. The zero-order valence-electron chi connectivity index (χ0n) is 9.47. The van der Waals surface area contributed by atoms with Gasteiger partial charge in [-0.3, -0.25) is 4.79 Å². The molecule has 96 valence electrons. The molecular weight excluding hydrogens is 241 g/mol. The number of hydrogen-bond acceptors (Lipinski definition) is 4. The summed E-state index contributed by atoms with van der Waals surface area (Å²) in [6.45, 7) is 0.479. The van der Waals surface area contributed by atoms with Gasteiger partial charge in [0.2, 0.25) is 5.91 Å². The molecule has 1 fully saturated rings. The van der Waals surface area contributed by atoms with E-state index in [1.165, 1.54) is 4.90 Å². The zero-order valence-corrected chi connectivity index (χ0v) is 9.47. The van der Waals surface area contributed by atoms with E-state index in [0.29, 0.717) is 19.4 Å². The van der Waals surface area contributed by atoms with Gasteiger partial charge >= 0.3 is 5.97 Å². The Kier molecular flexibility index (Phi) is 3.14. The van der Waals surface area contributed by atoms with Crippen LogP contribution in [-0.4, -0.2) is 34.6 Å². The molecular formula is C11H12FN3O3. The normalized spacial score (nSPS) is 18.9. The van der Waals surface area contributed by atoms with Crippen molar-refractivity contribution in [1.82, 2.24) is 4.98 Å². The molecule has 7 heteroatoms. The fraction of sp³-hybridized carbons (Fsp3) is 0.364. The molecule has 2 heterocycles. The maximum absolute atomic E-state index is 13.0. The van der Waals surface area contributed by atoms with Gasteiger partial charge in [0.15, 0.2) is 0 Å². The molecule has 1 atom stereocenters. The van der Waals surface area contributed by atoms with Gasteiger partial charge in [0.05, 0.1) is 6.20 Å². The van der Waals surface area contributed by atoms with E-state index in [1.54, 1.807) is 0 Å². The number of nitrogens with two attached hydrogens (primary N) is 1. The van der Waals surface area contributed by atoms with E-state index in [9.17, 15) is 14.0 Å². The topological polar surface area (TPSA) is 96.5 Å². The van der Waals surface area contributed by atoms with Gasteiger partial charge in [-0.1, -0.05) is 0 Å². The highest BCUT2D eigenvalue weighted by Gasteiger charge is 2.32. The van der Waals surface area contributed by atoms with Crippen molar-refractivity contribution in [3.8, 4) is 0 Å². The first-order chi connectivity index (χ1) is 8.50. The Morgan fingerprint density at radius 1 is 1.56 bits per heavy atom. The number of pyridine rings is 1. The molecule has 1 amide bonds. The summed E-state index contributed by atoms with van der Waals surface area (Å²) >= 11 is 0. The minimum absolute atomic E-state index is 0.0881. The van der Waals surface area contributed by atoms with Crippen LogP contribution in [0.1, 0.15) is 23.2 Å². The average molecular weight is 253 g/mol. The lowest BCUT2D eigenvalue weighted by Gasteiger charge is -2.24. The number of carbonyl (C=O) groups excluding carboxylic acids is 1. The van der Waals surface area contributed by atoms with Crippen molar-refractivity contribution < 1.29 is 19.1 Å². The molecule has 1 aromatic heterocycles. The lowest BCUT2D eigenvalue weighted by molar-refractivity contribution is -0.119. The highest BCUT2D eigenvalue weighted by atomic mass is 19.1. The van der Waals surface area contributed by atoms with Gasteiger partial charge in [-0.05, 0) is 18.9 Å². The average Bonchev–Trinajstić information content (AvgIpc) is 2.77. The first-order valence-electron chi connectivity index (χ1n) is 5.45. The lowest BCUT2D eigenvalue weighted by Crippen LogP contribution is -2.41. The predicted molar refractivity (Wildman–Crippen MR) is 60.7 cm³/mol. The van der Waals surface area contributed by atoms with Crippen LogP contribution in [0, 0.1) is 5.82 Å². The molecule has 18 heavy (non-hydrogen) atoms. The monoisotopic (exact) mass is 253 g/mol. The molecule has 1 aromatic rings.